The predicted octanol–water partition coefficient (Wildman–Crippen LogP) is 6.81. The summed E-state index contributed by atoms with van der Waals surface area (Å²) in [5, 5.41) is 3.14. The van der Waals surface area contributed by atoms with Crippen molar-refractivity contribution < 1.29 is 13.9 Å². The molecule has 0 bridgehead atoms. The number of ether oxygens (including phenoxy) is 1. The van der Waals surface area contributed by atoms with E-state index in [1.54, 1.807) is 12.4 Å². The Morgan fingerprint density at radius 2 is 1.98 bits per heavy atom. The molecule has 6 rings (SSSR count). The van der Waals surface area contributed by atoms with Crippen LogP contribution in [0.15, 0.2) is 67.8 Å². The molecule has 1 fully saturated rings. The third kappa shape index (κ3) is 5.77. The van der Waals surface area contributed by atoms with Gasteiger partial charge in [0.15, 0.2) is 5.82 Å². The summed E-state index contributed by atoms with van der Waals surface area (Å²) in [7, 11) is 1.93. The lowest BCUT2D eigenvalue weighted by Gasteiger charge is -2.29. The van der Waals surface area contributed by atoms with Crippen LogP contribution in [0, 0.1) is 18.2 Å². The molecule has 0 aliphatic carbocycles. The van der Waals surface area contributed by atoms with Gasteiger partial charge in [0.25, 0.3) is 0 Å². The van der Waals surface area contributed by atoms with Crippen molar-refractivity contribution in [2.45, 2.75) is 39.5 Å². The molecule has 220 valence electrons. The van der Waals surface area contributed by atoms with E-state index >= 15 is 4.39 Å². The zero-order valence-corrected chi connectivity index (χ0v) is 24.8. The van der Waals surface area contributed by atoms with E-state index in [1.165, 1.54) is 18.5 Å². The first-order valence-electron chi connectivity index (χ1n) is 14.3. The summed E-state index contributed by atoms with van der Waals surface area (Å²) in [4.78, 5) is 32.4. The second-order valence-electron chi connectivity index (χ2n) is 12.0. The Hall–Kier alpha value is -4.86. The highest BCUT2D eigenvalue weighted by atomic mass is 19.1. The quantitative estimate of drug-likeness (QED) is 0.221. The lowest BCUT2D eigenvalue weighted by atomic mass is 9.81. The lowest BCUT2D eigenvalue weighted by Crippen LogP contribution is -2.36. The van der Waals surface area contributed by atoms with Crippen LogP contribution in [0.4, 0.5) is 15.9 Å². The van der Waals surface area contributed by atoms with Crippen molar-refractivity contribution in [3.63, 3.8) is 0 Å². The second-order valence-corrected chi connectivity index (χ2v) is 12.0. The molecule has 1 N–H and O–H groups in total. The minimum Gasteiger partial charge on any atom is -0.457 e. The van der Waals surface area contributed by atoms with Crippen LogP contribution >= 0.6 is 0 Å². The number of likely N-dealkylation sites (tertiary alicyclic amines) is 1. The Kier molecular flexibility index (Phi) is 7.29. The normalized spacial score (nSPS) is 16.7. The predicted molar refractivity (Wildman–Crippen MR) is 165 cm³/mol. The van der Waals surface area contributed by atoms with Gasteiger partial charge in [0.05, 0.1) is 28.6 Å². The Balaban J connectivity index is 1.26. The van der Waals surface area contributed by atoms with E-state index < -0.39 is 5.82 Å². The number of hydrogen-bond acceptors (Lipinski definition) is 7. The summed E-state index contributed by atoms with van der Waals surface area (Å²) < 4.78 is 23.4. The van der Waals surface area contributed by atoms with Gasteiger partial charge in [-0.3, -0.25) is 4.79 Å². The molecular formula is C33H34FN7O2. The van der Waals surface area contributed by atoms with E-state index in [-0.39, 0.29) is 22.9 Å². The fraction of sp³-hybridized carbons (Fsp3) is 0.303. The maximum absolute atomic E-state index is 15.4. The van der Waals surface area contributed by atoms with Crippen LogP contribution < -0.4 is 10.1 Å². The smallest absolute Gasteiger partial charge is 0.245 e. The van der Waals surface area contributed by atoms with Crippen LogP contribution in [-0.4, -0.2) is 48.4 Å². The molecule has 0 spiro atoms. The summed E-state index contributed by atoms with van der Waals surface area (Å²) in [5.41, 5.74) is 4.80. The minimum atomic E-state index is -0.486. The molecule has 5 aromatic rings. The minimum absolute atomic E-state index is 0.0527. The monoisotopic (exact) mass is 579 g/mol. The number of carbonyl (C=O) groups excluding carboxylic acids is 1. The summed E-state index contributed by atoms with van der Waals surface area (Å²) in [5.74, 6) is 0.993. The number of imidazole rings is 1. The van der Waals surface area contributed by atoms with Crippen molar-refractivity contribution >= 4 is 39.5 Å². The van der Waals surface area contributed by atoms with Crippen molar-refractivity contribution in [1.82, 2.24) is 29.4 Å². The molecule has 43 heavy (non-hydrogen) atoms. The molecule has 2 aromatic carbocycles. The molecular weight excluding hydrogens is 545 g/mol. The topological polar surface area (TPSA) is 98.1 Å². The Labute approximate surface area is 249 Å². The van der Waals surface area contributed by atoms with Crippen molar-refractivity contribution in [1.29, 1.82) is 0 Å². The van der Waals surface area contributed by atoms with Gasteiger partial charge in [-0.05, 0) is 67.2 Å². The lowest BCUT2D eigenvalue weighted by molar-refractivity contribution is -0.127. The SMILES string of the molecule is C=CC(=O)N1CC[C@H](c2ccc3ncnc(Nc4cc(C)c(Oc5ccc6c(c5)ncn6C)cc4F)c3n2)CC(C)(C)C1. The molecule has 0 saturated carbocycles. The largest absolute Gasteiger partial charge is 0.457 e. The van der Waals surface area contributed by atoms with Crippen molar-refractivity contribution in [2.75, 3.05) is 18.4 Å². The number of rotatable bonds is 6. The van der Waals surface area contributed by atoms with E-state index in [1.807, 2.05) is 53.8 Å². The van der Waals surface area contributed by atoms with Crippen molar-refractivity contribution in [3.8, 4) is 11.5 Å². The van der Waals surface area contributed by atoms with Gasteiger partial charge in [-0.1, -0.05) is 20.4 Å². The number of hydrogen-bond donors (Lipinski definition) is 1. The number of benzene rings is 2. The highest BCUT2D eigenvalue weighted by molar-refractivity contribution is 5.88. The summed E-state index contributed by atoms with van der Waals surface area (Å²) in [6, 6.07) is 12.6. The number of carbonyl (C=O) groups is 1. The van der Waals surface area contributed by atoms with E-state index in [0.29, 0.717) is 41.4 Å². The number of fused-ring (bicyclic) bond motifs is 2. The Bertz CT molecular complexity index is 1870. The van der Waals surface area contributed by atoms with Gasteiger partial charge in [-0.2, -0.15) is 0 Å². The number of aryl methyl sites for hydroxylation is 2. The van der Waals surface area contributed by atoms with Gasteiger partial charge in [-0.15, -0.1) is 0 Å². The van der Waals surface area contributed by atoms with Crippen molar-refractivity contribution in [2.24, 2.45) is 12.5 Å². The molecule has 10 heteroatoms. The molecule has 1 atom stereocenters. The van der Waals surface area contributed by atoms with Gasteiger partial charge in [-0.25, -0.2) is 24.3 Å². The van der Waals surface area contributed by atoms with Crippen LogP contribution in [0.5, 0.6) is 11.5 Å². The van der Waals surface area contributed by atoms with E-state index in [4.69, 9.17) is 9.72 Å². The van der Waals surface area contributed by atoms with Gasteiger partial charge in [0.2, 0.25) is 5.91 Å². The van der Waals surface area contributed by atoms with Crippen LogP contribution in [0.25, 0.3) is 22.1 Å². The van der Waals surface area contributed by atoms with Gasteiger partial charge in [0.1, 0.15) is 29.2 Å². The first kappa shape index (κ1) is 28.3. The highest BCUT2D eigenvalue weighted by Crippen LogP contribution is 2.38. The fourth-order valence-corrected chi connectivity index (χ4v) is 5.89. The second kappa shape index (κ2) is 11.1. The molecule has 4 heterocycles. The van der Waals surface area contributed by atoms with E-state index in [2.05, 4.69) is 40.7 Å². The molecule has 9 nitrogen and oxygen atoms in total. The number of pyridine rings is 1. The molecule has 1 saturated heterocycles. The molecule has 1 amide bonds. The zero-order valence-electron chi connectivity index (χ0n) is 24.8. The molecule has 3 aromatic heterocycles. The average molecular weight is 580 g/mol. The zero-order chi connectivity index (χ0) is 30.3. The van der Waals surface area contributed by atoms with Gasteiger partial charge < -0.3 is 19.5 Å². The number of amides is 1. The van der Waals surface area contributed by atoms with Crippen LogP contribution in [0.2, 0.25) is 0 Å². The molecule has 1 aliphatic rings. The highest BCUT2D eigenvalue weighted by Gasteiger charge is 2.33. The maximum Gasteiger partial charge on any atom is 0.245 e. The van der Waals surface area contributed by atoms with E-state index in [0.717, 1.165) is 35.1 Å². The van der Waals surface area contributed by atoms with Crippen LogP contribution in [0.1, 0.15) is 43.9 Å². The summed E-state index contributed by atoms with van der Waals surface area (Å²) in [6.07, 6.45) is 6.20. The maximum atomic E-state index is 15.4. The number of anilines is 2. The number of nitrogens with zero attached hydrogens (tertiary/aromatic N) is 6. The standard InChI is InChI=1S/C33H34FN7O2/c1-6-30(42)41-12-11-21(16-33(3,4)17-41)24-8-9-25-31(38-24)32(36-18-35-25)39-26-13-20(2)29(15-23(26)34)43-22-7-10-28-27(14-22)37-19-40(28)5/h6-10,13-15,18-19,21H,1,11-12,16-17H2,2-5H3,(H,35,36,39)/t21-/m0/s1. The first-order valence-corrected chi connectivity index (χ1v) is 14.3. The molecule has 0 radical (unpaired) electrons. The average Bonchev–Trinajstić information content (AvgIpc) is 3.26. The molecule has 1 aliphatic heterocycles. The van der Waals surface area contributed by atoms with Crippen LogP contribution in [-0.2, 0) is 11.8 Å². The molecule has 0 unspecified atom stereocenters. The number of aromatic nitrogens is 5. The van der Waals surface area contributed by atoms with Gasteiger partial charge in [0, 0.05) is 43.9 Å². The van der Waals surface area contributed by atoms with Gasteiger partial charge >= 0.3 is 0 Å². The number of halogens is 1. The third-order valence-electron chi connectivity index (χ3n) is 8.02. The van der Waals surface area contributed by atoms with Crippen LogP contribution in [0.3, 0.4) is 0 Å². The number of nitrogens with one attached hydrogen (secondary N) is 1. The first-order chi connectivity index (χ1) is 20.6. The van der Waals surface area contributed by atoms with Crippen molar-refractivity contribution in [3.05, 3.63) is 84.8 Å². The fourth-order valence-electron chi connectivity index (χ4n) is 5.89. The summed E-state index contributed by atoms with van der Waals surface area (Å²) in [6.45, 7) is 11.1. The summed E-state index contributed by atoms with van der Waals surface area (Å²) >= 11 is 0. The Morgan fingerprint density at radius 1 is 1.14 bits per heavy atom. The Morgan fingerprint density at radius 3 is 2.79 bits per heavy atom. The third-order valence-corrected chi connectivity index (χ3v) is 8.02. The van der Waals surface area contributed by atoms with E-state index in [9.17, 15) is 4.79 Å².